The Morgan fingerprint density at radius 1 is 0.917 bits per heavy atom. The Labute approximate surface area is 144 Å². The molecule has 0 aliphatic rings. The van der Waals surface area contributed by atoms with E-state index in [-0.39, 0.29) is 12.5 Å². The molecular formula is C21H26O3. The second kappa shape index (κ2) is 10.8. The second-order valence-electron chi connectivity index (χ2n) is 5.87. The molecule has 2 aromatic rings. The highest BCUT2D eigenvalue weighted by Gasteiger charge is 2.15. The normalized spacial score (nSPS) is 13.9. The Balaban J connectivity index is 1.70. The minimum absolute atomic E-state index is 0.0643. The standard InChI is InChI=1S/C21H26O3/c22-16-20(21(23)14-13-18-8-3-1-4-9-18)12-7-15-24-17-19-10-5-2-6-11-19/h1-12,20-23H,13-17H2/b12-7+/t20-,21+/m1/s1. The van der Waals surface area contributed by atoms with Crippen molar-refractivity contribution in [3.8, 4) is 0 Å². The van der Waals surface area contributed by atoms with E-state index in [9.17, 15) is 10.2 Å². The van der Waals surface area contributed by atoms with Gasteiger partial charge in [-0.2, -0.15) is 0 Å². The van der Waals surface area contributed by atoms with E-state index in [1.54, 1.807) is 0 Å². The van der Waals surface area contributed by atoms with E-state index in [1.165, 1.54) is 5.56 Å². The van der Waals surface area contributed by atoms with E-state index in [4.69, 9.17) is 4.74 Å². The molecule has 0 saturated carbocycles. The fourth-order valence-electron chi connectivity index (χ4n) is 2.53. The molecule has 128 valence electrons. The van der Waals surface area contributed by atoms with Gasteiger partial charge in [-0.3, -0.25) is 0 Å². The Kier molecular flexibility index (Phi) is 8.25. The first-order chi connectivity index (χ1) is 11.8. The fraction of sp³-hybridized carbons (Fsp3) is 0.333. The van der Waals surface area contributed by atoms with E-state index >= 15 is 0 Å². The van der Waals surface area contributed by atoms with Crippen LogP contribution in [0.25, 0.3) is 0 Å². The lowest BCUT2D eigenvalue weighted by atomic mass is 9.96. The molecule has 2 atom stereocenters. The maximum atomic E-state index is 10.3. The zero-order valence-corrected chi connectivity index (χ0v) is 13.9. The van der Waals surface area contributed by atoms with Crippen LogP contribution in [-0.4, -0.2) is 29.5 Å². The molecule has 0 unspecified atom stereocenters. The van der Waals surface area contributed by atoms with E-state index in [1.807, 2.05) is 72.8 Å². The zero-order chi connectivity index (χ0) is 17.0. The Morgan fingerprint density at radius 3 is 2.17 bits per heavy atom. The number of rotatable bonds is 10. The fourth-order valence-corrected chi connectivity index (χ4v) is 2.53. The third-order valence-corrected chi connectivity index (χ3v) is 3.99. The SMILES string of the molecule is OC[C@@H](/C=C/COCc1ccccc1)[C@@H](O)CCc1ccccc1. The Morgan fingerprint density at radius 2 is 1.54 bits per heavy atom. The number of benzene rings is 2. The average Bonchev–Trinajstić information content (AvgIpc) is 2.64. The molecule has 0 bridgehead atoms. The second-order valence-corrected chi connectivity index (χ2v) is 5.87. The average molecular weight is 326 g/mol. The molecule has 2 N–H and O–H groups in total. The number of aliphatic hydroxyl groups excluding tert-OH is 2. The summed E-state index contributed by atoms with van der Waals surface area (Å²) >= 11 is 0. The van der Waals surface area contributed by atoms with Crippen molar-refractivity contribution in [1.82, 2.24) is 0 Å². The maximum Gasteiger partial charge on any atom is 0.0721 e. The van der Waals surface area contributed by atoms with Gasteiger partial charge in [0.1, 0.15) is 0 Å². The van der Waals surface area contributed by atoms with Gasteiger partial charge in [0.15, 0.2) is 0 Å². The van der Waals surface area contributed by atoms with Crippen LogP contribution in [0.1, 0.15) is 17.5 Å². The van der Waals surface area contributed by atoms with Crippen LogP contribution in [0.3, 0.4) is 0 Å². The summed E-state index contributed by atoms with van der Waals surface area (Å²) in [5.41, 5.74) is 2.33. The predicted molar refractivity (Wildman–Crippen MR) is 96.6 cm³/mol. The molecule has 0 aliphatic carbocycles. The summed E-state index contributed by atoms with van der Waals surface area (Å²) in [7, 11) is 0. The van der Waals surface area contributed by atoms with E-state index in [2.05, 4.69) is 0 Å². The van der Waals surface area contributed by atoms with Crippen LogP contribution in [-0.2, 0) is 17.8 Å². The molecule has 2 aromatic carbocycles. The van der Waals surface area contributed by atoms with Crippen molar-refractivity contribution in [3.63, 3.8) is 0 Å². The van der Waals surface area contributed by atoms with Gasteiger partial charge in [0, 0.05) is 5.92 Å². The Bertz CT molecular complexity index is 581. The van der Waals surface area contributed by atoms with Crippen LogP contribution in [0, 0.1) is 5.92 Å². The molecule has 0 heterocycles. The maximum absolute atomic E-state index is 10.3. The highest BCUT2D eigenvalue weighted by atomic mass is 16.5. The van der Waals surface area contributed by atoms with Gasteiger partial charge in [0.2, 0.25) is 0 Å². The largest absolute Gasteiger partial charge is 0.396 e. The van der Waals surface area contributed by atoms with Crippen molar-refractivity contribution in [2.75, 3.05) is 13.2 Å². The van der Waals surface area contributed by atoms with E-state index in [0.29, 0.717) is 19.6 Å². The van der Waals surface area contributed by atoms with Crippen molar-refractivity contribution in [2.45, 2.75) is 25.6 Å². The lowest BCUT2D eigenvalue weighted by Crippen LogP contribution is -2.22. The molecule has 0 fully saturated rings. The number of ether oxygens (including phenoxy) is 1. The molecule has 2 rings (SSSR count). The van der Waals surface area contributed by atoms with Crippen LogP contribution in [0.5, 0.6) is 0 Å². The van der Waals surface area contributed by atoms with Crippen molar-refractivity contribution < 1.29 is 14.9 Å². The van der Waals surface area contributed by atoms with Crippen LogP contribution in [0.15, 0.2) is 72.8 Å². The quantitative estimate of drug-likeness (QED) is 0.520. The van der Waals surface area contributed by atoms with Gasteiger partial charge in [0.05, 0.1) is 25.9 Å². The summed E-state index contributed by atoms with van der Waals surface area (Å²) < 4.78 is 5.57. The topological polar surface area (TPSA) is 49.7 Å². The molecule has 0 aliphatic heterocycles. The molecule has 3 nitrogen and oxygen atoms in total. The van der Waals surface area contributed by atoms with Crippen LogP contribution >= 0.6 is 0 Å². The van der Waals surface area contributed by atoms with E-state index in [0.717, 1.165) is 12.0 Å². The zero-order valence-electron chi connectivity index (χ0n) is 13.9. The first-order valence-corrected chi connectivity index (χ1v) is 8.40. The summed E-state index contributed by atoms with van der Waals surface area (Å²) in [6.45, 7) is 0.966. The summed E-state index contributed by atoms with van der Waals surface area (Å²) in [4.78, 5) is 0. The summed E-state index contributed by atoms with van der Waals surface area (Å²) in [5, 5.41) is 19.7. The van der Waals surface area contributed by atoms with Crippen LogP contribution in [0.2, 0.25) is 0 Å². The lowest BCUT2D eigenvalue weighted by molar-refractivity contribution is 0.0841. The first kappa shape index (κ1) is 18.4. The van der Waals surface area contributed by atoms with Gasteiger partial charge in [-0.15, -0.1) is 0 Å². The van der Waals surface area contributed by atoms with Crippen molar-refractivity contribution in [2.24, 2.45) is 5.92 Å². The Hall–Kier alpha value is -1.94. The number of aryl methyl sites for hydroxylation is 1. The molecule has 3 heteroatoms. The van der Waals surface area contributed by atoms with E-state index < -0.39 is 6.10 Å². The smallest absolute Gasteiger partial charge is 0.0721 e. The van der Waals surface area contributed by atoms with Gasteiger partial charge >= 0.3 is 0 Å². The van der Waals surface area contributed by atoms with Gasteiger partial charge in [-0.05, 0) is 24.0 Å². The molecule has 24 heavy (non-hydrogen) atoms. The highest BCUT2D eigenvalue weighted by Crippen LogP contribution is 2.13. The molecule has 0 spiro atoms. The minimum atomic E-state index is -0.555. The van der Waals surface area contributed by atoms with Crippen LogP contribution < -0.4 is 0 Å². The lowest BCUT2D eigenvalue weighted by Gasteiger charge is -2.17. The minimum Gasteiger partial charge on any atom is -0.396 e. The number of aliphatic hydroxyl groups is 2. The number of hydrogen-bond donors (Lipinski definition) is 2. The number of hydrogen-bond acceptors (Lipinski definition) is 3. The van der Waals surface area contributed by atoms with Crippen molar-refractivity contribution in [3.05, 3.63) is 83.9 Å². The molecule has 0 saturated heterocycles. The van der Waals surface area contributed by atoms with Gasteiger partial charge in [0.25, 0.3) is 0 Å². The molecule has 0 amide bonds. The van der Waals surface area contributed by atoms with Crippen LogP contribution in [0.4, 0.5) is 0 Å². The van der Waals surface area contributed by atoms with Gasteiger partial charge in [-0.1, -0.05) is 72.8 Å². The van der Waals surface area contributed by atoms with Crippen molar-refractivity contribution in [1.29, 1.82) is 0 Å². The van der Waals surface area contributed by atoms with Gasteiger partial charge in [-0.25, -0.2) is 0 Å². The summed E-state index contributed by atoms with van der Waals surface area (Å²) in [6.07, 6.45) is 4.60. The van der Waals surface area contributed by atoms with Gasteiger partial charge < -0.3 is 14.9 Å². The highest BCUT2D eigenvalue weighted by molar-refractivity contribution is 5.15. The molecular weight excluding hydrogens is 300 g/mol. The monoisotopic (exact) mass is 326 g/mol. The third-order valence-electron chi connectivity index (χ3n) is 3.99. The summed E-state index contributed by atoms with van der Waals surface area (Å²) in [5.74, 6) is -0.256. The third kappa shape index (κ3) is 6.67. The first-order valence-electron chi connectivity index (χ1n) is 8.40. The predicted octanol–water partition coefficient (Wildman–Crippen LogP) is 3.36. The molecule has 0 radical (unpaired) electrons. The summed E-state index contributed by atoms with van der Waals surface area (Å²) in [6, 6.07) is 20.1. The molecule has 0 aromatic heterocycles. The van der Waals surface area contributed by atoms with Crippen molar-refractivity contribution >= 4 is 0 Å².